The summed E-state index contributed by atoms with van der Waals surface area (Å²) in [6.07, 6.45) is 0. The van der Waals surface area contributed by atoms with Gasteiger partial charge in [0.05, 0.1) is 6.54 Å². The number of anilines is 1. The Labute approximate surface area is 91.3 Å². The second-order valence-electron chi connectivity index (χ2n) is 3.02. The van der Waals surface area contributed by atoms with Crippen molar-refractivity contribution in [1.82, 2.24) is 0 Å². The second kappa shape index (κ2) is 4.88. The van der Waals surface area contributed by atoms with Crippen LogP contribution in [-0.2, 0) is 6.54 Å². The van der Waals surface area contributed by atoms with E-state index in [9.17, 15) is 0 Å². The molecule has 0 atom stereocenters. The molecule has 0 amide bonds. The smallest absolute Gasteiger partial charge is 0.0542 e. The monoisotopic (exact) mass is 254 g/mol. The fourth-order valence-electron chi connectivity index (χ4n) is 1.23. The van der Waals surface area contributed by atoms with Crippen LogP contribution in [0.15, 0.2) is 27.8 Å². The molecule has 0 fully saturated rings. The molecule has 1 aromatic rings. The summed E-state index contributed by atoms with van der Waals surface area (Å²) in [5.74, 6) is 0. The molecule has 0 unspecified atom stereocenters. The highest BCUT2D eigenvalue weighted by atomic mass is 79.9. The van der Waals surface area contributed by atoms with Crippen molar-refractivity contribution in [1.29, 1.82) is 0 Å². The SMILES string of the molecule is CN(C)c1cccc(Br)c1CN=[N+]=[N-]. The molecule has 4 nitrogen and oxygen atoms in total. The molecule has 0 aliphatic heterocycles. The van der Waals surface area contributed by atoms with Gasteiger partial charge >= 0.3 is 0 Å². The Bertz CT molecular complexity index is 369. The van der Waals surface area contributed by atoms with Gasteiger partial charge in [-0.2, -0.15) is 0 Å². The summed E-state index contributed by atoms with van der Waals surface area (Å²) in [4.78, 5) is 4.75. The average Bonchev–Trinajstić information content (AvgIpc) is 2.15. The van der Waals surface area contributed by atoms with Gasteiger partial charge in [0, 0.05) is 29.2 Å². The van der Waals surface area contributed by atoms with Crippen LogP contribution >= 0.6 is 15.9 Å². The number of benzene rings is 1. The van der Waals surface area contributed by atoms with Gasteiger partial charge in [0.1, 0.15) is 0 Å². The van der Waals surface area contributed by atoms with Crippen LogP contribution in [0.4, 0.5) is 5.69 Å². The Morgan fingerprint density at radius 1 is 1.50 bits per heavy atom. The molecule has 0 N–H and O–H groups in total. The lowest BCUT2D eigenvalue weighted by molar-refractivity contribution is 1.00. The quantitative estimate of drug-likeness (QED) is 0.464. The van der Waals surface area contributed by atoms with Gasteiger partial charge in [-0.15, -0.1) is 0 Å². The molecule has 0 aliphatic rings. The van der Waals surface area contributed by atoms with Gasteiger partial charge < -0.3 is 4.90 Å². The summed E-state index contributed by atoms with van der Waals surface area (Å²) in [6, 6.07) is 5.89. The molecular formula is C9H11BrN4. The van der Waals surface area contributed by atoms with Crippen LogP contribution in [-0.4, -0.2) is 14.1 Å². The van der Waals surface area contributed by atoms with Crippen molar-refractivity contribution >= 4 is 21.6 Å². The van der Waals surface area contributed by atoms with Gasteiger partial charge in [-0.25, -0.2) is 0 Å². The summed E-state index contributed by atoms with van der Waals surface area (Å²) in [5.41, 5.74) is 10.3. The van der Waals surface area contributed by atoms with E-state index in [0.29, 0.717) is 6.54 Å². The van der Waals surface area contributed by atoms with Crippen molar-refractivity contribution in [2.24, 2.45) is 5.11 Å². The van der Waals surface area contributed by atoms with Crippen molar-refractivity contribution in [3.63, 3.8) is 0 Å². The van der Waals surface area contributed by atoms with Gasteiger partial charge in [0.2, 0.25) is 0 Å². The molecule has 0 aromatic heterocycles. The number of halogens is 1. The summed E-state index contributed by atoms with van der Waals surface area (Å²) in [7, 11) is 3.92. The molecule has 0 bridgehead atoms. The molecule has 0 saturated heterocycles. The summed E-state index contributed by atoms with van der Waals surface area (Å²) >= 11 is 3.44. The van der Waals surface area contributed by atoms with E-state index in [2.05, 4.69) is 26.0 Å². The fourth-order valence-corrected chi connectivity index (χ4v) is 1.71. The maximum Gasteiger partial charge on any atom is 0.0542 e. The van der Waals surface area contributed by atoms with Crippen LogP contribution in [0.3, 0.4) is 0 Å². The van der Waals surface area contributed by atoms with Crippen molar-refractivity contribution in [2.45, 2.75) is 6.54 Å². The highest BCUT2D eigenvalue weighted by Crippen LogP contribution is 2.27. The summed E-state index contributed by atoms with van der Waals surface area (Å²) in [6.45, 7) is 0.367. The van der Waals surface area contributed by atoms with Gasteiger partial charge in [-0.3, -0.25) is 0 Å². The first-order valence-corrected chi connectivity index (χ1v) is 4.91. The van der Waals surface area contributed by atoms with Crippen molar-refractivity contribution in [3.05, 3.63) is 38.7 Å². The summed E-state index contributed by atoms with van der Waals surface area (Å²) in [5, 5.41) is 3.57. The van der Waals surface area contributed by atoms with E-state index >= 15 is 0 Å². The van der Waals surface area contributed by atoms with Gasteiger partial charge in [-0.1, -0.05) is 27.1 Å². The van der Waals surface area contributed by atoms with Crippen molar-refractivity contribution in [2.75, 3.05) is 19.0 Å². The lowest BCUT2D eigenvalue weighted by Gasteiger charge is -2.17. The van der Waals surface area contributed by atoms with Gasteiger partial charge in [0.25, 0.3) is 0 Å². The topological polar surface area (TPSA) is 52.0 Å². The van der Waals surface area contributed by atoms with E-state index in [1.54, 1.807) is 0 Å². The predicted molar refractivity (Wildman–Crippen MR) is 61.3 cm³/mol. The zero-order valence-corrected chi connectivity index (χ0v) is 9.69. The molecule has 0 saturated carbocycles. The highest BCUT2D eigenvalue weighted by molar-refractivity contribution is 9.10. The third-order valence-electron chi connectivity index (χ3n) is 1.87. The second-order valence-corrected chi connectivity index (χ2v) is 3.88. The normalized spacial score (nSPS) is 9.36. The molecule has 14 heavy (non-hydrogen) atoms. The average molecular weight is 255 g/mol. The first-order valence-electron chi connectivity index (χ1n) is 4.12. The zero-order valence-electron chi connectivity index (χ0n) is 8.11. The fraction of sp³-hybridized carbons (Fsp3) is 0.333. The van der Waals surface area contributed by atoms with Crippen molar-refractivity contribution in [3.8, 4) is 0 Å². The van der Waals surface area contributed by atoms with Crippen LogP contribution in [0.1, 0.15) is 5.56 Å². The maximum atomic E-state index is 8.28. The maximum absolute atomic E-state index is 8.28. The van der Waals surface area contributed by atoms with E-state index in [0.717, 1.165) is 15.7 Å². The largest absolute Gasteiger partial charge is 0.377 e. The van der Waals surface area contributed by atoms with Gasteiger partial charge in [-0.05, 0) is 23.2 Å². The minimum absolute atomic E-state index is 0.367. The summed E-state index contributed by atoms with van der Waals surface area (Å²) < 4.78 is 0.969. The molecular weight excluding hydrogens is 244 g/mol. The first kappa shape index (κ1) is 10.9. The number of rotatable bonds is 3. The molecule has 1 rings (SSSR count). The lowest BCUT2D eigenvalue weighted by atomic mass is 10.1. The molecule has 74 valence electrons. The molecule has 0 spiro atoms. The van der Waals surface area contributed by atoms with E-state index in [1.807, 2.05) is 37.2 Å². The number of hydrogen-bond acceptors (Lipinski definition) is 2. The Kier molecular flexibility index (Phi) is 3.80. The molecule has 0 heterocycles. The third-order valence-corrected chi connectivity index (χ3v) is 2.61. The van der Waals surface area contributed by atoms with E-state index in [1.165, 1.54) is 0 Å². The lowest BCUT2D eigenvalue weighted by Crippen LogP contribution is -2.11. The number of nitrogens with zero attached hydrogens (tertiary/aromatic N) is 4. The van der Waals surface area contributed by atoms with E-state index in [4.69, 9.17) is 5.53 Å². The Hall–Kier alpha value is -1.19. The van der Waals surface area contributed by atoms with E-state index < -0.39 is 0 Å². The third kappa shape index (κ3) is 2.40. The van der Waals surface area contributed by atoms with Crippen LogP contribution < -0.4 is 4.90 Å². The molecule has 1 aromatic carbocycles. The van der Waals surface area contributed by atoms with E-state index in [-0.39, 0.29) is 0 Å². The van der Waals surface area contributed by atoms with Crippen LogP contribution in [0.2, 0.25) is 0 Å². The zero-order chi connectivity index (χ0) is 10.6. The van der Waals surface area contributed by atoms with Crippen molar-refractivity contribution < 1.29 is 0 Å². The van der Waals surface area contributed by atoms with Crippen LogP contribution in [0, 0.1) is 0 Å². The Morgan fingerprint density at radius 3 is 2.79 bits per heavy atom. The Morgan fingerprint density at radius 2 is 2.21 bits per heavy atom. The predicted octanol–water partition coefficient (Wildman–Crippen LogP) is 3.33. The standard InChI is InChI=1S/C9H11BrN4/c1-14(2)9-5-3-4-8(10)7(9)6-12-13-11/h3-5H,6H2,1-2H3. The van der Waals surface area contributed by atoms with Crippen LogP contribution in [0.25, 0.3) is 10.4 Å². The number of azide groups is 1. The highest BCUT2D eigenvalue weighted by Gasteiger charge is 2.06. The Balaban J connectivity index is 3.14. The molecule has 0 aliphatic carbocycles. The molecule has 0 radical (unpaired) electrons. The van der Waals surface area contributed by atoms with Gasteiger partial charge in [0.15, 0.2) is 0 Å². The van der Waals surface area contributed by atoms with Crippen LogP contribution in [0.5, 0.6) is 0 Å². The first-order chi connectivity index (χ1) is 6.66. The molecule has 5 heteroatoms. The minimum Gasteiger partial charge on any atom is -0.377 e. The number of hydrogen-bond donors (Lipinski definition) is 0. The minimum atomic E-state index is 0.367.